The Kier molecular flexibility index (Phi) is 5.50. The average Bonchev–Trinajstić information content (AvgIpc) is 3.68. The molecule has 3 aromatic carbocycles. The maximum absolute atomic E-state index is 16.2. The van der Waals surface area contributed by atoms with E-state index in [1.54, 1.807) is 45.9 Å². The summed E-state index contributed by atoms with van der Waals surface area (Å²) in [6.45, 7) is 0.403. The minimum absolute atomic E-state index is 0.141. The van der Waals surface area contributed by atoms with Crippen molar-refractivity contribution >= 4 is 16.9 Å². The van der Waals surface area contributed by atoms with Crippen LogP contribution in [-0.2, 0) is 6.54 Å². The topological polar surface area (TPSA) is 79.7 Å². The molecule has 5 aromatic rings. The second-order valence-corrected chi connectivity index (χ2v) is 10.1. The summed E-state index contributed by atoms with van der Waals surface area (Å²) in [5, 5.41) is 6.55. The van der Waals surface area contributed by atoms with E-state index in [1.807, 2.05) is 0 Å². The molecule has 1 aliphatic heterocycles. The fourth-order valence-corrected chi connectivity index (χ4v) is 6.10. The van der Waals surface area contributed by atoms with Crippen LogP contribution in [0.1, 0.15) is 47.6 Å². The number of imidazole rings is 1. The molecule has 0 spiro atoms. The number of fused-ring (bicyclic) bond motifs is 2. The van der Waals surface area contributed by atoms with Crippen molar-refractivity contribution in [3.05, 3.63) is 89.5 Å². The number of nitrogens with one attached hydrogen (secondary N) is 1. The van der Waals surface area contributed by atoms with Crippen LogP contribution in [0.4, 0.5) is 13.2 Å². The third kappa shape index (κ3) is 3.81. The molecular formula is C29H23F3N6O. The average molecular weight is 529 g/mol. The Hall–Kier alpha value is -4.47. The number of H-pyrrole nitrogens is 1. The third-order valence-corrected chi connectivity index (χ3v) is 7.90. The van der Waals surface area contributed by atoms with Crippen LogP contribution in [0.2, 0.25) is 0 Å². The minimum atomic E-state index is -0.526. The number of hydrogen-bond donors (Lipinski definition) is 1. The number of halogens is 3. The molecular weight excluding hydrogens is 505 g/mol. The first-order valence-corrected chi connectivity index (χ1v) is 12.9. The number of amides is 1. The smallest absolute Gasteiger partial charge is 0.254 e. The zero-order chi connectivity index (χ0) is 26.7. The molecule has 2 aromatic heterocycles. The van der Waals surface area contributed by atoms with E-state index in [9.17, 15) is 9.18 Å². The number of aromatic nitrogens is 5. The predicted octanol–water partition coefficient (Wildman–Crippen LogP) is 6.05. The van der Waals surface area contributed by atoms with Crippen molar-refractivity contribution in [3.8, 4) is 22.8 Å². The van der Waals surface area contributed by atoms with E-state index in [2.05, 4.69) is 15.2 Å². The van der Waals surface area contributed by atoms with Crippen LogP contribution in [0.15, 0.2) is 60.9 Å². The fourth-order valence-electron chi connectivity index (χ4n) is 6.10. The summed E-state index contributed by atoms with van der Waals surface area (Å²) in [6.07, 6.45) is 4.10. The number of carbonyl (C=O) groups is 1. The molecule has 1 fully saturated rings. The number of nitrogens with zero attached hydrogens (tertiary/aromatic N) is 5. The molecule has 1 saturated carbocycles. The zero-order valence-electron chi connectivity index (χ0n) is 20.7. The second-order valence-electron chi connectivity index (χ2n) is 10.1. The molecule has 0 radical (unpaired) electrons. The molecule has 0 bridgehead atoms. The molecule has 2 unspecified atom stereocenters. The van der Waals surface area contributed by atoms with Crippen LogP contribution in [0, 0.1) is 17.5 Å². The standard InChI is InChI=1S/C29H23F3N6O/c30-17-9-8-16-14-37(29(39)22(16)12-17)18-4-3-5-19(13-18)38-26-24(35-28(38)20-6-1-2-7-23(20)31)11-10-21(25(26)32)27-33-15-34-36-27/h1-2,6-12,15,18-19H,3-5,13-14H2,(H,33,34,36). The molecule has 1 aliphatic carbocycles. The Morgan fingerprint density at radius 1 is 0.923 bits per heavy atom. The molecule has 10 heteroatoms. The van der Waals surface area contributed by atoms with Gasteiger partial charge in [-0.1, -0.05) is 18.2 Å². The monoisotopic (exact) mass is 528 g/mol. The summed E-state index contributed by atoms with van der Waals surface area (Å²) in [5.74, 6) is -1.00. The minimum Gasteiger partial charge on any atom is -0.331 e. The van der Waals surface area contributed by atoms with Gasteiger partial charge in [0.15, 0.2) is 11.6 Å². The molecule has 39 heavy (non-hydrogen) atoms. The number of aromatic amines is 1. The summed E-state index contributed by atoms with van der Waals surface area (Å²) in [7, 11) is 0. The van der Waals surface area contributed by atoms with E-state index in [-0.39, 0.29) is 40.5 Å². The predicted molar refractivity (Wildman–Crippen MR) is 138 cm³/mol. The van der Waals surface area contributed by atoms with Crippen molar-refractivity contribution in [1.29, 1.82) is 0 Å². The third-order valence-electron chi connectivity index (χ3n) is 7.90. The van der Waals surface area contributed by atoms with E-state index < -0.39 is 17.5 Å². The van der Waals surface area contributed by atoms with E-state index in [0.29, 0.717) is 36.3 Å². The summed E-state index contributed by atoms with van der Waals surface area (Å²) in [6, 6.07) is 13.5. The molecule has 1 N–H and O–H groups in total. The molecule has 7 nitrogen and oxygen atoms in total. The van der Waals surface area contributed by atoms with Gasteiger partial charge < -0.3 is 9.47 Å². The Balaban J connectivity index is 1.34. The van der Waals surface area contributed by atoms with E-state index in [4.69, 9.17) is 4.98 Å². The zero-order valence-corrected chi connectivity index (χ0v) is 20.7. The van der Waals surface area contributed by atoms with Crippen LogP contribution in [-0.4, -0.2) is 41.6 Å². The van der Waals surface area contributed by atoms with Crippen LogP contribution in [0.5, 0.6) is 0 Å². The number of rotatable bonds is 4. The van der Waals surface area contributed by atoms with Crippen molar-refractivity contribution in [3.63, 3.8) is 0 Å². The Morgan fingerprint density at radius 2 is 1.77 bits per heavy atom. The Labute approximate surface area is 221 Å². The molecule has 196 valence electrons. The van der Waals surface area contributed by atoms with Gasteiger partial charge in [-0.25, -0.2) is 23.1 Å². The van der Waals surface area contributed by atoms with Gasteiger partial charge in [-0.2, -0.15) is 5.10 Å². The summed E-state index contributed by atoms with van der Waals surface area (Å²) in [4.78, 5) is 23.8. The highest BCUT2D eigenvalue weighted by molar-refractivity contribution is 5.98. The summed E-state index contributed by atoms with van der Waals surface area (Å²) >= 11 is 0. The van der Waals surface area contributed by atoms with Gasteiger partial charge in [-0.3, -0.25) is 9.89 Å². The molecule has 3 heterocycles. The van der Waals surface area contributed by atoms with Crippen molar-refractivity contribution < 1.29 is 18.0 Å². The maximum Gasteiger partial charge on any atom is 0.254 e. The van der Waals surface area contributed by atoms with Gasteiger partial charge in [0.25, 0.3) is 5.91 Å². The lowest BCUT2D eigenvalue weighted by Crippen LogP contribution is -2.39. The maximum atomic E-state index is 16.2. The fraction of sp³-hybridized carbons (Fsp3) is 0.241. The van der Waals surface area contributed by atoms with Crippen molar-refractivity contribution in [2.45, 2.75) is 44.3 Å². The molecule has 2 atom stereocenters. The van der Waals surface area contributed by atoms with Crippen molar-refractivity contribution in [2.24, 2.45) is 0 Å². The highest BCUT2D eigenvalue weighted by Crippen LogP contribution is 2.41. The lowest BCUT2D eigenvalue weighted by molar-refractivity contribution is 0.0630. The first-order valence-electron chi connectivity index (χ1n) is 12.9. The van der Waals surface area contributed by atoms with Gasteiger partial charge in [-0.05, 0) is 67.6 Å². The van der Waals surface area contributed by atoms with Crippen LogP contribution in [0.3, 0.4) is 0 Å². The molecule has 0 saturated heterocycles. The lowest BCUT2D eigenvalue weighted by atomic mass is 9.89. The molecule has 1 amide bonds. The van der Waals surface area contributed by atoms with Crippen molar-refractivity contribution in [2.75, 3.05) is 0 Å². The van der Waals surface area contributed by atoms with E-state index in [0.717, 1.165) is 18.4 Å². The lowest BCUT2D eigenvalue weighted by Gasteiger charge is -2.36. The van der Waals surface area contributed by atoms with Gasteiger partial charge in [0.2, 0.25) is 0 Å². The number of hydrogen-bond acceptors (Lipinski definition) is 4. The van der Waals surface area contributed by atoms with Crippen LogP contribution in [0.25, 0.3) is 33.8 Å². The quantitative estimate of drug-likeness (QED) is 0.308. The van der Waals surface area contributed by atoms with Crippen LogP contribution >= 0.6 is 0 Å². The van der Waals surface area contributed by atoms with Gasteiger partial charge in [0.1, 0.15) is 29.3 Å². The highest BCUT2D eigenvalue weighted by Gasteiger charge is 2.37. The first kappa shape index (κ1) is 23.6. The van der Waals surface area contributed by atoms with Crippen LogP contribution < -0.4 is 0 Å². The normalized spacial score (nSPS) is 19.2. The SMILES string of the molecule is O=C1c2cc(F)ccc2CN1C1CCCC(n2c(-c3ccccc3F)nc3ccc(-c4ncn[nH]4)c(F)c32)C1. The van der Waals surface area contributed by atoms with Gasteiger partial charge in [0.05, 0.1) is 16.6 Å². The number of benzene rings is 3. The Morgan fingerprint density at radius 3 is 2.59 bits per heavy atom. The second kappa shape index (κ2) is 9.07. The van der Waals surface area contributed by atoms with E-state index >= 15 is 8.78 Å². The molecule has 7 rings (SSSR count). The number of carbonyl (C=O) groups excluding carboxylic acids is 1. The van der Waals surface area contributed by atoms with E-state index in [1.165, 1.54) is 24.5 Å². The largest absolute Gasteiger partial charge is 0.331 e. The highest BCUT2D eigenvalue weighted by atomic mass is 19.1. The summed E-state index contributed by atoms with van der Waals surface area (Å²) < 4.78 is 46.9. The molecule has 2 aliphatic rings. The van der Waals surface area contributed by atoms with Crippen molar-refractivity contribution in [1.82, 2.24) is 29.6 Å². The van der Waals surface area contributed by atoms with Gasteiger partial charge in [-0.15, -0.1) is 0 Å². The van der Waals surface area contributed by atoms with Gasteiger partial charge >= 0.3 is 0 Å². The summed E-state index contributed by atoms with van der Waals surface area (Å²) in [5.41, 5.74) is 2.35. The Bertz CT molecular complexity index is 1730. The first-order chi connectivity index (χ1) is 19.0. The van der Waals surface area contributed by atoms with Gasteiger partial charge in [0, 0.05) is 24.2 Å².